The van der Waals surface area contributed by atoms with Crippen LogP contribution in [0.15, 0.2) is 36.8 Å². The third kappa shape index (κ3) is 3.45. The van der Waals surface area contributed by atoms with Gasteiger partial charge in [-0.3, -0.25) is 0 Å². The zero-order valence-corrected chi connectivity index (χ0v) is 16.6. The van der Waals surface area contributed by atoms with Crippen molar-refractivity contribution < 1.29 is 0 Å². The van der Waals surface area contributed by atoms with Gasteiger partial charge in [-0.05, 0) is 67.8 Å². The monoisotopic (exact) mass is 376 g/mol. The number of nitrogens with one attached hydrogen (secondary N) is 1. The van der Waals surface area contributed by atoms with Crippen molar-refractivity contribution in [2.45, 2.75) is 46.6 Å². The number of benzene rings is 1. The van der Waals surface area contributed by atoms with Crippen LogP contribution >= 0.6 is 0 Å². The molecule has 8 heteroatoms. The lowest BCUT2D eigenvalue weighted by Gasteiger charge is -2.11. The van der Waals surface area contributed by atoms with Gasteiger partial charge in [0, 0.05) is 17.4 Å². The van der Waals surface area contributed by atoms with Crippen LogP contribution in [0.3, 0.4) is 0 Å². The van der Waals surface area contributed by atoms with E-state index in [0.717, 1.165) is 41.0 Å². The molecule has 0 saturated heterocycles. The molecule has 0 radical (unpaired) electrons. The second-order valence-electron chi connectivity index (χ2n) is 7.22. The van der Waals surface area contributed by atoms with E-state index < -0.39 is 0 Å². The molecule has 3 aromatic heterocycles. The van der Waals surface area contributed by atoms with Gasteiger partial charge in [-0.25, -0.2) is 9.50 Å². The van der Waals surface area contributed by atoms with E-state index in [1.807, 2.05) is 36.7 Å². The Hall–Kier alpha value is -3.29. The lowest BCUT2D eigenvalue weighted by Crippen LogP contribution is -2.04. The van der Waals surface area contributed by atoms with Crippen LogP contribution < -0.4 is 5.32 Å². The first-order valence-electron chi connectivity index (χ1n) is 9.55. The lowest BCUT2D eigenvalue weighted by molar-refractivity contribution is 0.455. The van der Waals surface area contributed by atoms with Crippen LogP contribution in [-0.2, 0) is 6.42 Å². The highest BCUT2D eigenvalue weighted by atomic mass is 15.6. The van der Waals surface area contributed by atoms with Crippen molar-refractivity contribution >= 4 is 17.0 Å². The Morgan fingerprint density at radius 1 is 1.18 bits per heavy atom. The van der Waals surface area contributed by atoms with Gasteiger partial charge in [-0.1, -0.05) is 13.3 Å². The first-order chi connectivity index (χ1) is 13.5. The van der Waals surface area contributed by atoms with E-state index in [-0.39, 0.29) is 6.04 Å². The molecule has 0 amide bonds. The fraction of sp³-hybridized carbons (Fsp3) is 0.350. The van der Waals surface area contributed by atoms with Gasteiger partial charge in [0.2, 0.25) is 5.82 Å². The SMILES string of the molecule is CCCc1cc(Nc2ncnn3ccc(C)c23)cc(-c2nnn(C(C)C)n2)c1. The number of fused-ring (bicyclic) bond motifs is 1. The number of rotatable bonds is 6. The normalized spacial score (nSPS) is 11.5. The summed E-state index contributed by atoms with van der Waals surface area (Å²) in [5.74, 6) is 1.40. The molecule has 3 heterocycles. The van der Waals surface area contributed by atoms with Gasteiger partial charge in [0.05, 0.1) is 6.04 Å². The van der Waals surface area contributed by atoms with Crippen LogP contribution in [0.4, 0.5) is 11.5 Å². The van der Waals surface area contributed by atoms with Crippen molar-refractivity contribution in [3.05, 3.63) is 47.9 Å². The summed E-state index contributed by atoms with van der Waals surface area (Å²) in [4.78, 5) is 6.08. The van der Waals surface area contributed by atoms with E-state index >= 15 is 0 Å². The standard InChI is InChI=1S/C20H24N8/c1-5-6-15-9-16(19-24-26-28(25-19)13(2)3)11-17(10-15)23-20-18-14(4)7-8-27(18)22-12-21-20/h7-13H,5-6H2,1-4H3,(H,21,22,23). The molecule has 0 bridgehead atoms. The number of hydrogen-bond acceptors (Lipinski definition) is 6. The maximum Gasteiger partial charge on any atom is 0.205 e. The minimum absolute atomic E-state index is 0.171. The summed E-state index contributed by atoms with van der Waals surface area (Å²) in [6.45, 7) is 8.29. The molecule has 144 valence electrons. The fourth-order valence-corrected chi connectivity index (χ4v) is 3.22. The quantitative estimate of drug-likeness (QED) is 0.548. The molecular weight excluding hydrogens is 352 g/mol. The molecule has 4 aromatic rings. The maximum atomic E-state index is 4.52. The molecule has 0 aliphatic heterocycles. The lowest BCUT2D eigenvalue weighted by atomic mass is 10.0. The Labute approximate surface area is 163 Å². The molecule has 28 heavy (non-hydrogen) atoms. The predicted molar refractivity (Wildman–Crippen MR) is 109 cm³/mol. The Morgan fingerprint density at radius 2 is 2.04 bits per heavy atom. The average molecular weight is 376 g/mol. The Kier molecular flexibility index (Phi) is 4.77. The molecule has 1 aromatic carbocycles. The van der Waals surface area contributed by atoms with Gasteiger partial charge in [0.1, 0.15) is 11.8 Å². The zero-order valence-electron chi connectivity index (χ0n) is 16.6. The summed E-state index contributed by atoms with van der Waals surface area (Å²) >= 11 is 0. The van der Waals surface area contributed by atoms with Crippen molar-refractivity contribution in [3.63, 3.8) is 0 Å². The van der Waals surface area contributed by atoms with Crippen molar-refractivity contribution in [1.82, 2.24) is 34.8 Å². The molecule has 0 aliphatic carbocycles. The number of tetrazole rings is 1. The van der Waals surface area contributed by atoms with Gasteiger partial charge < -0.3 is 5.32 Å². The molecule has 1 N–H and O–H groups in total. The first kappa shape index (κ1) is 18.1. The number of nitrogens with zero attached hydrogens (tertiary/aromatic N) is 7. The highest BCUT2D eigenvalue weighted by molar-refractivity contribution is 5.77. The van der Waals surface area contributed by atoms with E-state index in [1.54, 1.807) is 11.1 Å². The van der Waals surface area contributed by atoms with Crippen molar-refractivity contribution in [3.8, 4) is 11.4 Å². The number of anilines is 2. The van der Waals surface area contributed by atoms with Crippen LogP contribution in [0.5, 0.6) is 0 Å². The Balaban J connectivity index is 1.75. The Bertz CT molecular complexity index is 1110. The zero-order chi connectivity index (χ0) is 19.7. The van der Waals surface area contributed by atoms with Gasteiger partial charge in [0.15, 0.2) is 5.82 Å². The molecule has 0 unspecified atom stereocenters. The fourth-order valence-electron chi connectivity index (χ4n) is 3.22. The maximum absolute atomic E-state index is 4.52. The predicted octanol–water partition coefficient (Wildman–Crippen LogP) is 3.97. The van der Waals surface area contributed by atoms with Gasteiger partial charge in [-0.15, -0.1) is 10.2 Å². The summed E-state index contributed by atoms with van der Waals surface area (Å²) in [7, 11) is 0. The summed E-state index contributed by atoms with van der Waals surface area (Å²) in [6, 6.07) is 8.52. The highest BCUT2D eigenvalue weighted by Crippen LogP contribution is 2.27. The van der Waals surface area contributed by atoms with Gasteiger partial charge >= 0.3 is 0 Å². The van der Waals surface area contributed by atoms with Crippen molar-refractivity contribution in [2.24, 2.45) is 0 Å². The van der Waals surface area contributed by atoms with E-state index in [0.29, 0.717) is 5.82 Å². The van der Waals surface area contributed by atoms with Crippen LogP contribution in [0.1, 0.15) is 44.4 Å². The molecule has 0 saturated carbocycles. The summed E-state index contributed by atoms with van der Waals surface area (Å²) in [5.41, 5.74) is 5.20. The first-order valence-corrected chi connectivity index (χ1v) is 9.55. The van der Waals surface area contributed by atoms with Crippen LogP contribution in [-0.4, -0.2) is 34.8 Å². The van der Waals surface area contributed by atoms with Crippen molar-refractivity contribution in [2.75, 3.05) is 5.32 Å². The molecule has 0 aliphatic rings. The van der Waals surface area contributed by atoms with Crippen molar-refractivity contribution in [1.29, 1.82) is 0 Å². The Morgan fingerprint density at radius 3 is 2.79 bits per heavy atom. The molecule has 0 spiro atoms. The highest BCUT2D eigenvalue weighted by Gasteiger charge is 2.12. The minimum atomic E-state index is 0.171. The van der Waals surface area contributed by atoms with Crippen LogP contribution in [0.25, 0.3) is 16.9 Å². The van der Waals surface area contributed by atoms with E-state index in [4.69, 9.17) is 0 Å². The molecule has 0 fully saturated rings. The smallest absolute Gasteiger partial charge is 0.205 e. The second-order valence-corrected chi connectivity index (χ2v) is 7.22. The third-order valence-electron chi connectivity index (χ3n) is 4.60. The molecular formula is C20H24N8. The van der Waals surface area contributed by atoms with E-state index in [1.165, 1.54) is 5.56 Å². The van der Waals surface area contributed by atoms with Crippen LogP contribution in [0.2, 0.25) is 0 Å². The summed E-state index contributed by atoms with van der Waals surface area (Å²) < 4.78 is 1.83. The minimum Gasteiger partial charge on any atom is -0.338 e. The molecule has 4 rings (SSSR count). The largest absolute Gasteiger partial charge is 0.338 e. The van der Waals surface area contributed by atoms with Gasteiger partial charge in [0.25, 0.3) is 0 Å². The summed E-state index contributed by atoms with van der Waals surface area (Å²) in [5, 5.41) is 20.6. The summed E-state index contributed by atoms with van der Waals surface area (Å²) in [6.07, 6.45) is 5.53. The number of aryl methyl sites for hydroxylation is 2. The van der Waals surface area contributed by atoms with Gasteiger partial charge in [-0.2, -0.15) is 9.90 Å². The molecule has 8 nitrogen and oxygen atoms in total. The second kappa shape index (κ2) is 7.38. The average Bonchev–Trinajstić information content (AvgIpc) is 3.30. The topological polar surface area (TPSA) is 85.8 Å². The van der Waals surface area contributed by atoms with E-state index in [2.05, 4.69) is 56.8 Å². The number of hydrogen-bond donors (Lipinski definition) is 1. The number of aromatic nitrogens is 7. The van der Waals surface area contributed by atoms with Crippen LogP contribution in [0, 0.1) is 6.92 Å². The van der Waals surface area contributed by atoms with E-state index in [9.17, 15) is 0 Å². The third-order valence-corrected chi connectivity index (χ3v) is 4.60. The molecule has 0 atom stereocenters.